The molecule has 11 heteroatoms. The Morgan fingerprint density at radius 2 is 1.71 bits per heavy atom. The molecule has 1 atom stereocenters. The first-order valence-corrected chi connectivity index (χ1v) is 8.82. The summed E-state index contributed by atoms with van der Waals surface area (Å²) in [5.74, 6) is 1.14. The van der Waals surface area contributed by atoms with Crippen molar-refractivity contribution in [1.82, 2.24) is 10.5 Å². The van der Waals surface area contributed by atoms with Crippen LogP contribution in [0.1, 0.15) is 18.0 Å². The first-order chi connectivity index (χ1) is 11.1. The van der Waals surface area contributed by atoms with Crippen molar-refractivity contribution < 1.29 is 9.47 Å². The van der Waals surface area contributed by atoms with Crippen LogP contribution in [0.5, 0.6) is 11.5 Å². The second kappa shape index (κ2) is 7.70. The molecule has 134 valence electrons. The number of hydrazone groups is 1. The van der Waals surface area contributed by atoms with Crippen LogP contribution in [0, 0.1) is 0 Å². The Morgan fingerprint density at radius 3 is 2.21 bits per heavy atom. The number of hydrazine groups is 1. The summed E-state index contributed by atoms with van der Waals surface area (Å²) in [6, 6.07) is 5.02. The summed E-state index contributed by atoms with van der Waals surface area (Å²) in [7, 11) is 3.09. The molecule has 0 aliphatic carbocycles. The lowest BCUT2D eigenvalue weighted by molar-refractivity contribution is 0.148. The van der Waals surface area contributed by atoms with Gasteiger partial charge in [0.1, 0.15) is 0 Å². The van der Waals surface area contributed by atoms with E-state index in [2.05, 4.69) is 10.5 Å². The molecule has 0 fully saturated rings. The second-order valence-corrected chi connectivity index (χ2v) is 9.33. The summed E-state index contributed by atoms with van der Waals surface area (Å²) in [5, 5.41) is 5.10. The summed E-state index contributed by atoms with van der Waals surface area (Å²) >= 11 is 35.6. The van der Waals surface area contributed by atoms with Crippen LogP contribution in [0.4, 0.5) is 0 Å². The predicted molar refractivity (Wildman–Crippen MR) is 99.9 cm³/mol. The summed E-state index contributed by atoms with van der Waals surface area (Å²) in [4.78, 5) is 0. The van der Waals surface area contributed by atoms with Crippen molar-refractivity contribution in [2.24, 2.45) is 5.10 Å². The van der Waals surface area contributed by atoms with E-state index in [0.717, 1.165) is 10.7 Å². The topological polar surface area (TPSA) is 46.1 Å². The third kappa shape index (κ3) is 4.79. The van der Waals surface area contributed by atoms with Crippen LogP contribution >= 0.6 is 69.6 Å². The van der Waals surface area contributed by atoms with E-state index >= 15 is 0 Å². The minimum atomic E-state index is -1.86. The molecule has 1 aromatic rings. The maximum atomic E-state index is 5.96. The summed E-state index contributed by atoms with van der Waals surface area (Å²) in [5.41, 5.74) is 4.03. The van der Waals surface area contributed by atoms with Gasteiger partial charge in [-0.25, -0.2) is 5.43 Å². The van der Waals surface area contributed by atoms with Gasteiger partial charge in [0.15, 0.2) is 11.5 Å². The van der Waals surface area contributed by atoms with Crippen LogP contribution in [0.2, 0.25) is 0 Å². The highest BCUT2D eigenvalue weighted by Crippen LogP contribution is 2.40. The third-order valence-electron chi connectivity index (χ3n) is 3.27. The lowest BCUT2D eigenvalue weighted by Gasteiger charge is -2.37. The molecule has 0 radical (unpaired) electrons. The van der Waals surface area contributed by atoms with Crippen LogP contribution in [-0.2, 0) is 0 Å². The fourth-order valence-electron chi connectivity index (χ4n) is 2.14. The molecule has 0 amide bonds. The average Bonchev–Trinajstić information content (AvgIpc) is 2.52. The van der Waals surface area contributed by atoms with Crippen LogP contribution < -0.4 is 14.9 Å². The Balaban J connectivity index is 2.39. The van der Waals surface area contributed by atoms with E-state index in [1.807, 2.05) is 6.07 Å². The van der Waals surface area contributed by atoms with E-state index in [4.69, 9.17) is 79.1 Å². The molecule has 0 spiro atoms. The van der Waals surface area contributed by atoms with Gasteiger partial charge in [0.2, 0.25) is 3.79 Å². The Bertz CT molecular complexity index is 629. The molecule has 1 aliphatic rings. The normalized spacial score (nSPS) is 19.1. The molecule has 2 rings (SSSR count). The van der Waals surface area contributed by atoms with Crippen LogP contribution in [0.25, 0.3) is 0 Å². The lowest BCUT2D eigenvalue weighted by atomic mass is 10.0. The zero-order chi connectivity index (χ0) is 18.1. The van der Waals surface area contributed by atoms with Crippen LogP contribution in [0.15, 0.2) is 23.3 Å². The van der Waals surface area contributed by atoms with Gasteiger partial charge in [-0.15, -0.1) is 0 Å². The Labute approximate surface area is 169 Å². The van der Waals surface area contributed by atoms with Crippen molar-refractivity contribution in [3.8, 4) is 11.5 Å². The van der Waals surface area contributed by atoms with E-state index in [1.54, 1.807) is 19.2 Å². The van der Waals surface area contributed by atoms with Gasteiger partial charge in [-0.05, 0) is 17.7 Å². The van der Waals surface area contributed by atoms with Crippen molar-refractivity contribution in [3.05, 3.63) is 23.8 Å². The molecule has 0 bridgehead atoms. The zero-order valence-electron chi connectivity index (χ0n) is 12.5. The number of benzene rings is 1. The minimum Gasteiger partial charge on any atom is -0.493 e. The number of hydrogen-bond acceptors (Lipinski definition) is 5. The number of nitrogens with zero attached hydrogens (tertiary/aromatic N) is 2. The van der Waals surface area contributed by atoms with Gasteiger partial charge in [-0.3, -0.25) is 0 Å². The van der Waals surface area contributed by atoms with Gasteiger partial charge in [-0.2, -0.15) is 10.2 Å². The highest BCUT2D eigenvalue weighted by Gasteiger charge is 2.40. The number of nitrogens with one attached hydrogen (secondary N) is 1. The summed E-state index contributed by atoms with van der Waals surface area (Å²) < 4.78 is 6.93. The Kier molecular flexibility index (Phi) is 6.52. The van der Waals surface area contributed by atoms with Crippen molar-refractivity contribution in [3.63, 3.8) is 0 Å². The van der Waals surface area contributed by atoms with Crippen LogP contribution in [-0.4, -0.2) is 32.8 Å². The second-order valence-electron chi connectivity index (χ2n) is 4.82. The maximum absolute atomic E-state index is 5.96. The summed E-state index contributed by atoms with van der Waals surface area (Å²) in [6.07, 6.45) is 0.295. The van der Waals surface area contributed by atoms with Gasteiger partial charge in [-0.1, -0.05) is 75.7 Å². The molecule has 1 heterocycles. The summed E-state index contributed by atoms with van der Waals surface area (Å²) in [6.45, 7) is 0. The van der Waals surface area contributed by atoms with Crippen molar-refractivity contribution >= 4 is 75.3 Å². The van der Waals surface area contributed by atoms with E-state index in [-0.39, 0.29) is 11.8 Å². The first-order valence-electron chi connectivity index (χ1n) is 6.56. The SMILES string of the molecule is COc1ccc(C2CC(C(Cl)(Cl)Cl)=NN(C(Cl)(Cl)Cl)N2)cc1OC. The fourth-order valence-corrected chi connectivity index (χ4v) is 2.75. The molecule has 1 N–H and O–H groups in total. The number of alkyl halides is 6. The molecular formula is C13H13Cl6N3O2. The smallest absolute Gasteiger partial charge is 0.296 e. The van der Waals surface area contributed by atoms with Gasteiger partial charge in [0.05, 0.1) is 26.0 Å². The van der Waals surface area contributed by atoms with Gasteiger partial charge in [0, 0.05) is 6.42 Å². The van der Waals surface area contributed by atoms with Crippen LogP contribution in [0.3, 0.4) is 0 Å². The first kappa shape index (κ1) is 20.3. The molecule has 1 aliphatic heterocycles. The van der Waals surface area contributed by atoms with E-state index < -0.39 is 7.71 Å². The zero-order valence-corrected chi connectivity index (χ0v) is 17.0. The van der Waals surface area contributed by atoms with E-state index in [0.29, 0.717) is 17.9 Å². The van der Waals surface area contributed by atoms with Gasteiger partial charge >= 0.3 is 0 Å². The third-order valence-corrected chi connectivity index (χ3v) is 4.41. The van der Waals surface area contributed by atoms with E-state index in [9.17, 15) is 0 Å². The molecule has 1 aromatic carbocycles. The fraction of sp³-hybridized carbons (Fsp3) is 0.462. The number of methoxy groups -OCH3 is 2. The molecule has 24 heavy (non-hydrogen) atoms. The van der Waals surface area contributed by atoms with Crippen molar-refractivity contribution in [2.75, 3.05) is 14.2 Å². The number of rotatable bonds is 3. The largest absolute Gasteiger partial charge is 0.493 e. The van der Waals surface area contributed by atoms with Crippen molar-refractivity contribution in [2.45, 2.75) is 20.2 Å². The molecule has 5 nitrogen and oxygen atoms in total. The molecule has 0 aromatic heterocycles. The number of halogens is 6. The molecule has 0 saturated carbocycles. The van der Waals surface area contributed by atoms with Crippen molar-refractivity contribution in [1.29, 1.82) is 0 Å². The monoisotopic (exact) mass is 453 g/mol. The predicted octanol–water partition coefficient (Wildman–Crippen LogP) is 5.01. The number of ether oxygens (including phenoxy) is 2. The average molecular weight is 456 g/mol. The quantitative estimate of drug-likeness (QED) is 0.514. The molecule has 0 saturated heterocycles. The van der Waals surface area contributed by atoms with Gasteiger partial charge in [0.25, 0.3) is 3.92 Å². The molecule has 1 unspecified atom stereocenters. The standard InChI is InChI=1S/C13H13Cl6N3O2/c1-23-9-4-3-7(5-10(9)24-2)8-6-11(12(14,15)16)21-22(20-8)13(17,18)19/h3-5,8,20H,6H2,1-2H3. The lowest BCUT2D eigenvalue weighted by Crippen LogP contribution is -2.50. The number of hydrogen-bond donors (Lipinski definition) is 1. The van der Waals surface area contributed by atoms with Gasteiger partial charge < -0.3 is 9.47 Å². The Hall–Kier alpha value is -0.0100. The molecular weight excluding hydrogens is 443 g/mol. The minimum absolute atomic E-state index is 0.234. The Morgan fingerprint density at radius 1 is 1.08 bits per heavy atom. The highest BCUT2D eigenvalue weighted by atomic mass is 35.6. The van der Waals surface area contributed by atoms with E-state index in [1.165, 1.54) is 7.11 Å². The highest BCUT2D eigenvalue weighted by molar-refractivity contribution is 6.76. The maximum Gasteiger partial charge on any atom is 0.296 e.